The van der Waals surface area contributed by atoms with Gasteiger partial charge in [0, 0.05) is 19.4 Å². The molecule has 0 amide bonds. The highest BCUT2D eigenvalue weighted by Crippen LogP contribution is 2.15. The van der Waals surface area contributed by atoms with Crippen LogP contribution >= 0.6 is 0 Å². The van der Waals surface area contributed by atoms with Crippen molar-refractivity contribution in [3.63, 3.8) is 0 Å². The largest absolute Gasteiger partial charge is 0.462 e. The summed E-state index contributed by atoms with van der Waals surface area (Å²) >= 11 is 0. The van der Waals surface area contributed by atoms with Gasteiger partial charge in [0.05, 0.1) is 6.61 Å². The molecular weight excluding hydrogens is 765 g/mol. The lowest BCUT2D eigenvalue weighted by Crippen LogP contribution is -2.30. The molecule has 0 heterocycles. The number of hydrogen-bond donors (Lipinski definition) is 0. The molecule has 0 aliphatic heterocycles. The Morgan fingerprint density at radius 1 is 0.339 bits per heavy atom. The highest BCUT2D eigenvalue weighted by molar-refractivity contribution is 5.70. The van der Waals surface area contributed by atoms with Crippen LogP contribution in [0.1, 0.15) is 290 Å². The van der Waals surface area contributed by atoms with E-state index in [9.17, 15) is 9.59 Å². The molecule has 0 aromatic rings. The minimum Gasteiger partial charge on any atom is -0.462 e. The summed E-state index contributed by atoms with van der Waals surface area (Å²) < 4.78 is 17.4. The summed E-state index contributed by atoms with van der Waals surface area (Å²) in [4.78, 5) is 25.4. The molecule has 0 aromatic heterocycles. The zero-order chi connectivity index (χ0) is 44.9. The van der Waals surface area contributed by atoms with Gasteiger partial charge in [-0.25, -0.2) is 0 Å². The van der Waals surface area contributed by atoms with Crippen molar-refractivity contribution in [2.24, 2.45) is 0 Å². The maximum atomic E-state index is 12.8. The number of carbonyl (C=O) groups excluding carboxylic acids is 2. The van der Waals surface area contributed by atoms with Crippen molar-refractivity contribution in [2.75, 3.05) is 19.8 Å². The van der Waals surface area contributed by atoms with Crippen LogP contribution in [0, 0.1) is 0 Å². The maximum Gasteiger partial charge on any atom is 0.306 e. The minimum atomic E-state index is -0.542. The molecule has 0 saturated carbocycles. The monoisotopic (exact) mass is 871 g/mol. The Kier molecular flexibility index (Phi) is 51.8. The second-order valence-electron chi connectivity index (χ2n) is 18.5. The Labute approximate surface area is 387 Å². The van der Waals surface area contributed by atoms with E-state index in [-0.39, 0.29) is 25.2 Å². The molecule has 0 aromatic carbocycles. The van der Waals surface area contributed by atoms with Crippen molar-refractivity contribution < 1.29 is 23.8 Å². The van der Waals surface area contributed by atoms with Crippen molar-refractivity contribution in [1.29, 1.82) is 0 Å². The first-order valence-electron chi connectivity index (χ1n) is 27.5. The van der Waals surface area contributed by atoms with Crippen molar-refractivity contribution >= 4 is 11.9 Å². The summed E-state index contributed by atoms with van der Waals surface area (Å²) in [5.41, 5.74) is 0. The molecule has 0 aliphatic carbocycles. The summed E-state index contributed by atoms with van der Waals surface area (Å²) in [6, 6.07) is 0. The van der Waals surface area contributed by atoms with E-state index in [2.05, 4.69) is 57.2 Å². The Morgan fingerprint density at radius 3 is 1.00 bits per heavy atom. The minimum absolute atomic E-state index is 0.0800. The second-order valence-corrected chi connectivity index (χ2v) is 18.5. The molecule has 0 fully saturated rings. The predicted molar refractivity (Wildman–Crippen MR) is 270 cm³/mol. The fourth-order valence-electron chi connectivity index (χ4n) is 7.97. The van der Waals surface area contributed by atoms with Crippen LogP contribution in [0.2, 0.25) is 0 Å². The summed E-state index contributed by atoms with van der Waals surface area (Å²) in [6.45, 7) is 7.82. The summed E-state index contributed by atoms with van der Waals surface area (Å²) in [5.74, 6) is -0.405. The van der Waals surface area contributed by atoms with E-state index in [1.54, 1.807) is 0 Å². The van der Waals surface area contributed by atoms with Crippen LogP contribution in [0.25, 0.3) is 0 Å². The number of unbranched alkanes of at least 4 members (excludes halogenated alkanes) is 34. The zero-order valence-corrected chi connectivity index (χ0v) is 41.9. The smallest absolute Gasteiger partial charge is 0.306 e. The van der Waals surface area contributed by atoms with Gasteiger partial charge in [-0.05, 0) is 96.3 Å². The van der Waals surface area contributed by atoms with Crippen LogP contribution in [0.4, 0.5) is 0 Å². The number of rotatable bonds is 51. The van der Waals surface area contributed by atoms with E-state index in [1.165, 1.54) is 193 Å². The van der Waals surface area contributed by atoms with E-state index in [0.717, 1.165) is 64.2 Å². The molecule has 1 atom stereocenters. The topological polar surface area (TPSA) is 61.8 Å². The van der Waals surface area contributed by atoms with E-state index >= 15 is 0 Å². The number of esters is 2. The molecule has 0 N–H and O–H groups in total. The highest BCUT2D eigenvalue weighted by Gasteiger charge is 2.17. The molecule has 0 radical (unpaired) electrons. The maximum absolute atomic E-state index is 12.8. The number of ether oxygens (including phenoxy) is 3. The van der Waals surface area contributed by atoms with Gasteiger partial charge in [-0.1, -0.05) is 218 Å². The molecule has 62 heavy (non-hydrogen) atoms. The molecule has 0 rings (SSSR count). The van der Waals surface area contributed by atoms with Crippen LogP contribution in [-0.2, 0) is 23.8 Å². The standard InChI is InChI=1S/C57H106O5/c1-4-7-10-13-16-19-22-25-27-28-29-31-34-37-40-43-46-49-52-60-53-55(62-57(59)51-48-45-42-39-36-32-24-21-18-15-12-9-6-3)54-61-56(58)50-47-44-41-38-35-33-30-26-23-20-17-14-11-8-5-2/h21,24-27,30,55H,4-20,22-23,28-29,31-54H2,1-3H3/b24-21-,27-25-,30-26-. The van der Waals surface area contributed by atoms with Gasteiger partial charge in [-0.15, -0.1) is 0 Å². The fourth-order valence-corrected chi connectivity index (χ4v) is 7.97. The lowest BCUT2D eigenvalue weighted by atomic mass is 10.1. The molecular formula is C57H106O5. The number of hydrogen-bond acceptors (Lipinski definition) is 5. The quantitative estimate of drug-likeness (QED) is 0.0346. The predicted octanol–water partition coefficient (Wildman–Crippen LogP) is 18.6. The Balaban J connectivity index is 4.25. The van der Waals surface area contributed by atoms with Gasteiger partial charge in [-0.3, -0.25) is 9.59 Å². The van der Waals surface area contributed by atoms with Gasteiger partial charge in [0.1, 0.15) is 6.61 Å². The lowest BCUT2D eigenvalue weighted by Gasteiger charge is -2.18. The second kappa shape index (κ2) is 53.5. The van der Waals surface area contributed by atoms with Gasteiger partial charge in [0.15, 0.2) is 6.10 Å². The molecule has 0 spiro atoms. The van der Waals surface area contributed by atoms with E-state index in [0.29, 0.717) is 19.4 Å². The van der Waals surface area contributed by atoms with Crippen molar-refractivity contribution in [1.82, 2.24) is 0 Å². The van der Waals surface area contributed by atoms with Crippen LogP contribution in [0.3, 0.4) is 0 Å². The third-order valence-electron chi connectivity index (χ3n) is 12.1. The van der Waals surface area contributed by atoms with Gasteiger partial charge in [0.25, 0.3) is 0 Å². The third-order valence-corrected chi connectivity index (χ3v) is 12.1. The summed E-state index contributed by atoms with van der Waals surface area (Å²) in [7, 11) is 0. The van der Waals surface area contributed by atoms with Crippen molar-refractivity contribution in [3.8, 4) is 0 Å². The normalized spacial score (nSPS) is 12.4. The van der Waals surface area contributed by atoms with Crippen LogP contribution in [0.5, 0.6) is 0 Å². The Bertz CT molecular complexity index is 986. The first-order valence-corrected chi connectivity index (χ1v) is 27.5. The SMILES string of the molecule is CCCCCC/C=C\CCCCCCCC(=O)OC(COCCCCCCCCCC/C=C\CCCCCCCC)COC(=O)CCCCCCC/C=C\CCCCCCCC. The van der Waals surface area contributed by atoms with Gasteiger partial charge < -0.3 is 14.2 Å². The Morgan fingerprint density at radius 2 is 0.629 bits per heavy atom. The molecule has 0 bridgehead atoms. The zero-order valence-electron chi connectivity index (χ0n) is 41.9. The number of allylic oxidation sites excluding steroid dienone is 6. The lowest BCUT2D eigenvalue weighted by molar-refractivity contribution is -0.163. The number of carbonyl (C=O) groups is 2. The van der Waals surface area contributed by atoms with E-state index in [1.807, 2.05) is 0 Å². The molecule has 364 valence electrons. The molecule has 5 nitrogen and oxygen atoms in total. The van der Waals surface area contributed by atoms with Crippen LogP contribution in [-0.4, -0.2) is 37.9 Å². The average Bonchev–Trinajstić information content (AvgIpc) is 3.27. The third kappa shape index (κ3) is 50.8. The molecule has 5 heteroatoms. The summed E-state index contributed by atoms with van der Waals surface area (Å²) in [6.07, 6.45) is 64.4. The molecule has 1 unspecified atom stereocenters. The van der Waals surface area contributed by atoms with Gasteiger partial charge >= 0.3 is 11.9 Å². The highest BCUT2D eigenvalue weighted by atomic mass is 16.6. The van der Waals surface area contributed by atoms with Gasteiger partial charge in [-0.2, -0.15) is 0 Å². The van der Waals surface area contributed by atoms with Crippen molar-refractivity contribution in [3.05, 3.63) is 36.5 Å². The van der Waals surface area contributed by atoms with E-state index < -0.39 is 6.10 Å². The van der Waals surface area contributed by atoms with Crippen molar-refractivity contribution in [2.45, 2.75) is 297 Å². The summed E-state index contributed by atoms with van der Waals surface area (Å²) in [5, 5.41) is 0. The van der Waals surface area contributed by atoms with Gasteiger partial charge in [0.2, 0.25) is 0 Å². The first-order chi connectivity index (χ1) is 30.6. The fraction of sp³-hybridized carbons (Fsp3) is 0.860. The Hall–Kier alpha value is -1.88. The van der Waals surface area contributed by atoms with Crippen LogP contribution < -0.4 is 0 Å². The molecule has 0 aliphatic rings. The first kappa shape index (κ1) is 60.1. The average molecular weight is 871 g/mol. The van der Waals surface area contributed by atoms with E-state index in [4.69, 9.17) is 14.2 Å². The molecule has 0 saturated heterocycles. The van der Waals surface area contributed by atoms with Crippen LogP contribution in [0.15, 0.2) is 36.5 Å².